The van der Waals surface area contributed by atoms with E-state index in [2.05, 4.69) is 10.3 Å². The SMILES string of the molecule is O=C(Nc1ncc([N+](=O)[O-])s1)C1(c2cccc(Cl)c2)CC1. The number of rotatable bonds is 4. The summed E-state index contributed by atoms with van der Waals surface area (Å²) in [6.45, 7) is 0. The topological polar surface area (TPSA) is 85.1 Å². The smallest absolute Gasteiger partial charge is 0.301 e. The van der Waals surface area contributed by atoms with Crippen LogP contribution in [0.5, 0.6) is 0 Å². The second kappa shape index (κ2) is 5.09. The largest absolute Gasteiger partial charge is 0.345 e. The van der Waals surface area contributed by atoms with Crippen molar-refractivity contribution in [2.24, 2.45) is 0 Å². The van der Waals surface area contributed by atoms with E-state index in [1.807, 2.05) is 6.07 Å². The van der Waals surface area contributed by atoms with Crippen molar-refractivity contribution in [2.75, 3.05) is 5.32 Å². The zero-order valence-corrected chi connectivity index (χ0v) is 12.3. The summed E-state index contributed by atoms with van der Waals surface area (Å²) in [6.07, 6.45) is 2.60. The van der Waals surface area contributed by atoms with E-state index in [0.29, 0.717) is 5.02 Å². The first-order valence-corrected chi connectivity index (χ1v) is 7.38. The zero-order valence-electron chi connectivity index (χ0n) is 10.7. The van der Waals surface area contributed by atoms with Crippen LogP contribution in [0.15, 0.2) is 30.5 Å². The Bertz CT molecular complexity index is 727. The van der Waals surface area contributed by atoms with Gasteiger partial charge < -0.3 is 5.32 Å². The number of nitrogens with zero attached hydrogens (tertiary/aromatic N) is 2. The molecule has 0 unspecified atom stereocenters. The molecular formula is C13H10ClN3O3S. The number of hydrogen-bond donors (Lipinski definition) is 1. The molecule has 1 saturated carbocycles. The summed E-state index contributed by atoms with van der Waals surface area (Å²) in [4.78, 5) is 26.4. The van der Waals surface area contributed by atoms with Crippen molar-refractivity contribution in [3.63, 3.8) is 0 Å². The Morgan fingerprint density at radius 3 is 2.81 bits per heavy atom. The number of halogens is 1. The number of carbonyl (C=O) groups is 1. The van der Waals surface area contributed by atoms with Crippen LogP contribution in [0.2, 0.25) is 5.02 Å². The van der Waals surface area contributed by atoms with Crippen molar-refractivity contribution in [3.8, 4) is 0 Å². The van der Waals surface area contributed by atoms with Crippen LogP contribution in [0.4, 0.5) is 10.1 Å². The first kappa shape index (κ1) is 14.0. The molecule has 1 aliphatic rings. The van der Waals surface area contributed by atoms with Crippen LogP contribution in [0.25, 0.3) is 0 Å². The number of hydrogen-bond acceptors (Lipinski definition) is 5. The average molecular weight is 324 g/mol. The molecule has 1 fully saturated rings. The third kappa shape index (κ3) is 2.62. The van der Waals surface area contributed by atoms with Gasteiger partial charge in [0, 0.05) is 5.02 Å². The molecule has 0 aliphatic heterocycles. The molecule has 0 saturated heterocycles. The maximum Gasteiger partial charge on any atom is 0.345 e. The maximum absolute atomic E-state index is 12.4. The molecule has 2 aromatic rings. The fourth-order valence-corrected chi connectivity index (χ4v) is 3.00. The number of amides is 1. The Morgan fingerprint density at radius 1 is 1.48 bits per heavy atom. The quantitative estimate of drug-likeness (QED) is 0.690. The van der Waals surface area contributed by atoms with Gasteiger partial charge in [0.25, 0.3) is 0 Å². The van der Waals surface area contributed by atoms with Gasteiger partial charge in [-0.2, -0.15) is 0 Å². The number of carbonyl (C=O) groups excluding carboxylic acids is 1. The normalized spacial score (nSPS) is 15.5. The Kier molecular flexibility index (Phi) is 3.38. The highest BCUT2D eigenvalue weighted by Crippen LogP contribution is 2.49. The maximum atomic E-state index is 12.4. The Hall–Kier alpha value is -1.99. The first-order chi connectivity index (χ1) is 10.0. The van der Waals surface area contributed by atoms with Gasteiger partial charge in [-0.05, 0) is 41.9 Å². The van der Waals surface area contributed by atoms with Gasteiger partial charge in [-0.3, -0.25) is 14.9 Å². The highest BCUT2D eigenvalue weighted by molar-refractivity contribution is 7.18. The van der Waals surface area contributed by atoms with E-state index in [1.165, 1.54) is 0 Å². The number of thiazole rings is 1. The van der Waals surface area contributed by atoms with E-state index < -0.39 is 10.3 Å². The molecule has 1 aliphatic carbocycles. The van der Waals surface area contributed by atoms with Gasteiger partial charge in [-0.1, -0.05) is 23.7 Å². The van der Waals surface area contributed by atoms with E-state index in [0.717, 1.165) is 35.9 Å². The second-order valence-electron chi connectivity index (χ2n) is 4.81. The molecule has 0 atom stereocenters. The van der Waals surface area contributed by atoms with Crippen molar-refractivity contribution in [1.29, 1.82) is 0 Å². The van der Waals surface area contributed by atoms with Crippen LogP contribution < -0.4 is 5.32 Å². The fourth-order valence-electron chi connectivity index (χ4n) is 2.18. The fraction of sp³-hybridized carbons (Fsp3) is 0.231. The van der Waals surface area contributed by atoms with E-state index in [4.69, 9.17) is 11.6 Å². The van der Waals surface area contributed by atoms with Crippen LogP contribution in [0.3, 0.4) is 0 Å². The van der Waals surface area contributed by atoms with Crippen LogP contribution in [-0.2, 0) is 10.2 Å². The third-order valence-corrected chi connectivity index (χ3v) is 4.56. The van der Waals surface area contributed by atoms with Crippen molar-refractivity contribution in [1.82, 2.24) is 4.98 Å². The number of aromatic nitrogens is 1. The van der Waals surface area contributed by atoms with Crippen LogP contribution in [-0.4, -0.2) is 15.8 Å². The van der Waals surface area contributed by atoms with Crippen LogP contribution >= 0.6 is 22.9 Å². The predicted molar refractivity (Wildman–Crippen MR) is 79.8 cm³/mol. The minimum absolute atomic E-state index is 0.0992. The minimum Gasteiger partial charge on any atom is -0.301 e. The first-order valence-electron chi connectivity index (χ1n) is 6.19. The van der Waals surface area contributed by atoms with Crippen molar-refractivity contribution in [3.05, 3.63) is 51.2 Å². The molecule has 1 heterocycles. The highest BCUT2D eigenvalue weighted by Gasteiger charge is 2.51. The van der Waals surface area contributed by atoms with Crippen LogP contribution in [0, 0.1) is 10.1 Å². The lowest BCUT2D eigenvalue weighted by molar-refractivity contribution is -0.380. The molecule has 0 bridgehead atoms. The predicted octanol–water partition coefficient (Wildman–Crippen LogP) is 3.38. The Morgan fingerprint density at radius 2 is 2.24 bits per heavy atom. The second-order valence-corrected chi connectivity index (χ2v) is 6.25. The minimum atomic E-state index is -0.592. The highest BCUT2D eigenvalue weighted by atomic mass is 35.5. The number of anilines is 1. The van der Waals surface area contributed by atoms with Crippen LogP contribution in [0.1, 0.15) is 18.4 Å². The van der Waals surface area contributed by atoms with Gasteiger partial charge in [0.1, 0.15) is 6.20 Å². The summed E-state index contributed by atoms with van der Waals surface area (Å²) in [5.41, 5.74) is 0.268. The number of nitro groups is 1. The summed E-state index contributed by atoms with van der Waals surface area (Å²) in [6, 6.07) is 7.20. The van der Waals surface area contributed by atoms with Crippen molar-refractivity contribution >= 4 is 39.0 Å². The molecule has 1 amide bonds. The van der Waals surface area contributed by atoms with Gasteiger partial charge in [-0.15, -0.1) is 0 Å². The average Bonchev–Trinajstić information content (AvgIpc) is 3.13. The van der Waals surface area contributed by atoms with Gasteiger partial charge in [0.2, 0.25) is 5.91 Å². The lowest BCUT2D eigenvalue weighted by atomic mass is 9.95. The van der Waals surface area contributed by atoms with Gasteiger partial charge in [0.05, 0.1) is 10.3 Å². The van der Waals surface area contributed by atoms with E-state index >= 15 is 0 Å². The van der Waals surface area contributed by atoms with Gasteiger partial charge in [0.15, 0.2) is 5.13 Å². The standard InChI is InChI=1S/C13H10ClN3O3S/c14-9-3-1-2-8(6-9)13(4-5-13)11(18)16-12-15-7-10(21-12)17(19)20/h1-3,6-7H,4-5H2,(H,15,16,18). The summed E-state index contributed by atoms with van der Waals surface area (Å²) < 4.78 is 0. The molecule has 0 radical (unpaired) electrons. The van der Waals surface area contributed by atoms with Gasteiger partial charge in [-0.25, -0.2) is 4.98 Å². The molecule has 1 aromatic carbocycles. The molecule has 1 N–H and O–H groups in total. The Labute approximate surface area is 128 Å². The monoisotopic (exact) mass is 323 g/mol. The molecular weight excluding hydrogens is 314 g/mol. The number of nitrogens with one attached hydrogen (secondary N) is 1. The molecule has 21 heavy (non-hydrogen) atoms. The lowest BCUT2D eigenvalue weighted by Gasteiger charge is -2.14. The number of benzene rings is 1. The van der Waals surface area contributed by atoms with Crippen molar-refractivity contribution in [2.45, 2.75) is 18.3 Å². The molecule has 108 valence electrons. The summed E-state index contributed by atoms with van der Waals surface area (Å²) in [5, 5.41) is 14.0. The zero-order chi connectivity index (χ0) is 15.0. The molecule has 8 heteroatoms. The van der Waals surface area contributed by atoms with Crippen molar-refractivity contribution < 1.29 is 9.72 Å². The van der Waals surface area contributed by atoms with E-state index in [-0.39, 0.29) is 16.0 Å². The molecule has 6 nitrogen and oxygen atoms in total. The molecule has 1 aromatic heterocycles. The Balaban J connectivity index is 1.80. The van der Waals surface area contributed by atoms with E-state index in [1.54, 1.807) is 18.2 Å². The van der Waals surface area contributed by atoms with Gasteiger partial charge >= 0.3 is 5.00 Å². The molecule has 3 rings (SSSR count). The summed E-state index contributed by atoms with van der Waals surface area (Å²) in [7, 11) is 0. The third-order valence-electron chi connectivity index (χ3n) is 3.46. The molecule has 0 spiro atoms. The summed E-state index contributed by atoms with van der Waals surface area (Å²) >= 11 is 6.81. The summed E-state index contributed by atoms with van der Waals surface area (Å²) in [5.74, 6) is -0.200. The lowest BCUT2D eigenvalue weighted by Crippen LogP contribution is -2.27. The van der Waals surface area contributed by atoms with E-state index in [9.17, 15) is 14.9 Å².